The number of aromatic nitrogens is 5. The van der Waals surface area contributed by atoms with Crippen molar-refractivity contribution in [1.82, 2.24) is 30.5 Å². The van der Waals surface area contributed by atoms with Crippen LogP contribution in [0.2, 0.25) is 0 Å². The Hall–Kier alpha value is -1.86. The van der Waals surface area contributed by atoms with Crippen molar-refractivity contribution in [3.8, 4) is 5.82 Å². The number of aliphatic hydroxyl groups is 1. The molecule has 2 N–H and O–H groups in total. The highest BCUT2D eigenvalue weighted by Gasteiger charge is 2.53. The smallest absolute Gasteiger partial charge is 0.156 e. The van der Waals surface area contributed by atoms with Crippen LogP contribution in [-0.2, 0) is 5.54 Å². The molecule has 2 unspecified atom stereocenters. The van der Waals surface area contributed by atoms with Crippen LogP contribution in [0.5, 0.6) is 0 Å². The van der Waals surface area contributed by atoms with Crippen LogP contribution in [0.3, 0.4) is 0 Å². The van der Waals surface area contributed by atoms with Crippen LogP contribution in [0.1, 0.15) is 12.0 Å². The summed E-state index contributed by atoms with van der Waals surface area (Å²) in [5.41, 5.74) is 0.649. The first-order valence-electron chi connectivity index (χ1n) is 5.33. The van der Waals surface area contributed by atoms with Crippen LogP contribution in [0.25, 0.3) is 5.82 Å². The number of nitrogens with one attached hydrogen (secondary N) is 1. The summed E-state index contributed by atoms with van der Waals surface area (Å²) in [5.74, 6) is 0.653. The second-order valence-electron chi connectivity index (χ2n) is 4.10. The van der Waals surface area contributed by atoms with Crippen molar-refractivity contribution in [1.29, 1.82) is 0 Å². The van der Waals surface area contributed by atoms with Gasteiger partial charge in [-0.15, -0.1) is 5.10 Å². The maximum Gasteiger partial charge on any atom is 0.156 e. The molecule has 2 atom stereocenters. The minimum absolute atomic E-state index is 0.327. The van der Waals surface area contributed by atoms with Gasteiger partial charge in [-0.25, -0.2) is 4.98 Å². The van der Waals surface area contributed by atoms with E-state index >= 15 is 0 Å². The van der Waals surface area contributed by atoms with Crippen molar-refractivity contribution in [3.05, 3.63) is 30.2 Å². The fourth-order valence-corrected chi connectivity index (χ4v) is 2.02. The predicted octanol–water partition coefficient (Wildman–Crippen LogP) is -0.763. The highest BCUT2D eigenvalue weighted by atomic mass is 16.3. The summed E-state index contributed by atoms with van der Waals surface area (Å²) in [6.45, 7) is 0. The van der Waals surface area contributed by atoms with Gasteiger partial charge in [0.2, 0.25) is 0 Å². The van der Waals surface area contributed by atoms with Crippen LogP contribution in [0, 0.1) is 0 Å². The highest BCUT2D eigenvalue weighted by Crippen LogP contribution is 2.45. The van der Waals surface area contributed by atoms with Crippen molar-refractivity contribution in [3.63, 3.8) is 0 Å². The first kappa shape index (κ1) is 10.3. The van der Waals surface area contributed by atoms with Crippen LogP contribution >= 0.6 is 0 Å². The van der Waals surface area contributed by atoms with Crippen LogP contribution in [-0.4, -0.2) is 43.4 Å². The second-order valence-corrected chi connectivity index (χ2v) is 4.10. The van der Waals surface area contributed by atoms with E-state index in [1.807, 2.05) is 19.2 Å². The third kappa shape index (κ3) is 1.51. The number of likely N-dealkylation sites (N-methyl/N-ethyl adjacent to an activating group) is 1. The molecule has 1 aliphatic carbocycles. The summed E-state index contributed by atoms with van der Waals surface area (Å²) < 4.78 is 1.49. The molecule has 0 saturated heterocycles. The average Bonchev–Trinajstić information content (AvgIpc) is 2.81. The van der Waals surface area contributed by atoms with Gasteiger partial charge in [0.1, 0.15) is 6.33 Å². The van der Waals surface area contributed by atoms with E-state index in [0.29, 0.717) is 5.82 Å². The molecule has 0 amide bonds. The number of rotatable bonds is 3. The molecule has 0 bridgehead atoms. The molecule has 17 heavy (non-hydrogen) atoms. The number of tetrazole rings is 1. The molecule has 0 spiro atoms. The largest absolute Gasteiger partial charge is 0.391 e. The topological polar surface area (TPSA) is 88.8 Å². The van der Waals surface area contributed by atoms with Crippen molar-refractivity contribution >= 4 is 0 Å². The zero-order valence-corrected chi connectivity index (χ0v) is 9.28. The van der Waals surface area contributed by atoms with Crippen LogP contribution < -0.4 is 5.32 Å². The minimum atomic E-state index is -0.340. The lowest BCUT2D eigenvalue weighted by molar-refractivity contribution is 0.237. The third-order valence-corrected chi connectivity index (χ3v) is 3.22. The molecule has 7 nitrogen and oxygen atoms in total. The summed E-state index contributed by atoms with van der Waals surface area (Å²) in [5, 5.41) is 23.6. The van der Waals surface area contributed by atoms with Crippen LogP contribution in [0.15, 0.2) is 24.7 Å². The van der Waals surface area contributed by atoms with Gasteiger partial charge >= 0.3 is 0 Å². The van der Waals surface area contributed by atoms with E-state index in [1.165, 1.54) is 11.0 Å². The number of aliphatic hydroxyl groups excluding tert-OH is 1. The quantitative estimate of drug-likeness (QED) is 0.723. The first-order chi connectivity index (χ1) is 8.26. The van der Waals surface area contributed by atoms with Crippen LogP contribution in [0.4, 0.5) is 0 Å². The van der Waals surface area contributed by atoms with Crippen molar-refractivity contribution in [2.75, 3.05) is 7.05 Å². The summed E-state index contributed by atoms with van der Waals surface area (Å²) >= 11 is 0. The zero-order valence-electron chi connectivity index (χ0n) is 9.28. The summed E-state index contributed by atoms with van der Waals surface area (Å²) in [6.07, 6.45) is 3.61. The predicted molar refractivity (Wildman–Crippen MR) is 58.3 cm³/mol. The maximum atomic E-state index is 9.66. The van der Waals surface area contributed by atoms with Crippen molar-refractivity contribution < 1.29 is 5.11 Å². The molecule has 7 heteroatoms. The number of nitrogens with zero attached hydrogens (tertiary/aromatic N) is 5. The summed E-state index contributed by atoms with van der Waals surface area (Å²) in [4.78, 5) is 4.28. The Kier molecular flexibility index (Phi) is 2.17. The molecule has 2 aromatic heterocycles. The van der Waals surface area contributed by atoms with Gasteiger partial charge in [0.05, 0.1) is 11.6 Å². The SMILES string of the molecule is CNC1(c2ccc(-n3cnnn3)nc2)CC1O. The van der Waals surface area contributed by atoms with Gasteiger partial charge in [-0.05, 0) is 29.1 Å². The molecule has 1 fully saturated rings. The molecule has 0 aliphatic heterocycles. The van der Waals surface area contributed by atoms with Crippen molar-refractivity contribution in [2.45, 2.75) is 18.1 Å². The number of hydrogen-bond donors (Lipinski definition) is 2. The first-order valence-corrected chi connectivity index (χ1v) is 5.33. The Morgan fingerprint density at radius 3 is 2.82 bits per heavy atom. The molecule has 0 aromatic carbocycles. The van der Waals surface area contributed by atoms with Gasteiger partial charge in [-0.1, -0.05) is 6.07 Å². The Bertz CT molecular complexity index is 506. The Morgan fingerprint density at radius 1 is 1.53 bits per heavy atom. The fraction of sp³-hybridized carbons (Fsp3) is 0.400. The van der Waals surface area contributed by atoms with Gasteiger partial charge in [-0.3, -0.25) is 0 Å². The number of hydrogen-bond acceptors (Lipinski definition) is 6. The summed E-state index contributed by atoms with van der Waals surface area (Å²) in [7, 11) is 1.84. The Morgan fingerprint density at radius 2 is 2.35 bits per heavy atom. The molecule has 2 heterocycles. The lowest BCUT2D eigenvalue weighted by Crippen LogP contribution is -2.29. The molecule has 0 radical (unpaired) electrons. The monoisotopic (exact) mass is 232 g/mol. The molecule has 2 aromatic rings. The van der Waals surface area contributed by atoms with E-state index in [1.54, 1.807) is 6.20 Å². The Labute approximate surface area is 97.5 Å². The van der Waals surface area contributed by atoms with E-state index in [-0.39, 0.29) is 11.6 Å². The number of pyridine rings is 1. The lowest BCUT2D eigenvalue weighted by atomic mass is 10.1. The van der Waals surface area contributed by atoms with E-state index < -0.39 is 0 Å². The standard InChI is InChI=1S/C10H12N6O/c1-11-10(4-8(10)17)7-2-3-9(12-5-7)16-6-13-14-15-16/h2-3,5-6,8,11,17H,4H2,1H3. The van der Waals surface area contributed by atoms with Gasteiger partial charge < -0.3 is 10.4 Å². The highest BCUT2D eigenvalue weighted by molar-refractivity contribution is 5.34. The molecular formula is C10H12N6O. The maximum absolute atomic E-state index is 9.66. The Balaban J connectivity index is 1.91. The zero-order chi connectivity index (χ0) is 11.9. The van der Waals surface area contributed by atoms with Gasteiger partial charge in [0.15, 0.2) is 5.82 Å². The molecule has 1 aliphatic rings. The van der Waals surface area contributed by atoms with Gasteiger partial charge in [0, 0.05) is 12.6 Å². The van der Waals surface area contributed by atoms with E-state index in [0.717, 1.165) is 12.0 Å². The average molecular weight is 232 g/mol. The molecule has 88 valence electrons. The molecular weight excluding hydrogens is 220 g/mol. The lowest BCUT2D eigenvalue weighted by Gasteiger charge is -2.14. The van der Waals surface area contributed by atoms with E-state index in [2.05, 4.69) is 25.8 Å². The van der Waals surface area contributed by atoms with Crippen molar-refractivity contribution in [2.24, 2.45) is 0 Å². The third-order valence-electron chi connectivity index (χ3n) is 3.22. The fourth-order valence-electron chi connectivity index (χ4n) is 2.02. The van der Waals surface area contributed by atoms with E-state index in [4.69, 9.17) is 0 Å². The van der Waals surface area contributed by atoms with Gasteiger partial charge in [0.25, 0.3) is 0 Å². The second kappa shape index (κ2) is 3.57. The van der Waals surface area contributed by atoms with E-state index in [9.17, 15) is 5.11 Å². The van der Waals surface area contributed by atoms with Gasteiger partial charge in [-0.2, -0.15) is 4.68 Å². The molecule has 3 rings (SSSR count). The minimum Gasteiger partial charge on any atom is -0.391 e. The normalized spacial score (nSPS) is 27.1. The molecule has 1 saturated carbocycles. The summed E-state index contributed by atoms with van der Waals surface area (Å²) in [6, 6.07) is 3.76.